The normalized spacial score (nSPS) is 11.0. The van der Waals surface area contributed by atoms with E-state index in [1.807, 2.05) is 0 Å². The van der Waals surface area contributed by atoms with E-state index in [1.54, 1.807) is 0 Å². The summed E-state index contributed by atoms with van der Waals surface area (Å²) in [6.45, 7) is 4.27. The van der Waals surface area contributed by atoms with Crippen LogP contribution in [0.2, 0.25) is 0 Å². The molecule has 0 unspecified atom stereocenters. The third-order valence-corrected chi connectivity index (χ3v) is 1.50. The van der Waals surface area contributed by atoms with E-state index in [9.17, 15) is 4.79 Å². The Labute approximate surface area is 74.6 Å². The molecule has 0 N–H and O–H groups in total. The van der Waals surface area contributed by atoms with Gasteiger partial charge in [0.25, 0.3) is 0 Å². The molecule has 0 rings (SSSR count). The van der Waals surface area contributed by atoms with Crippen molar-refractivity contribution in [3.8, 4) is 0 Å². The zero-order valence-electron chi connectivity index (χ0n) is 8.17. The lowest BCUT2D eigenvalue weighted by Gasteiger charge is -1.96. The molecule has 0 heterocycles. The van der Waals surface area contributed by atoms with Crippen molar-refractivity contribution in [2.45, 2.75) is 33.1 Å². The highest BCUT2D eigenvalue weighted by Crippen LogP contribution is 2.01. The molecule has 0 aliphatic rings. The van der Waals surface area contributed by atoms with Gasteiger partial charge in [-0.2, -0.15) is 0 Å². The number of rotatable bonds is 5. The average Bonchev–Trinajstić information content (AvgIpc) is 2.03. The maximum atomic E-state index is 10.7. The summed E-state index contributed by atoms with van der Waals surface area (Å²) < 4.78 is 4.51. The average molecular weight is 170 g/mol. The highest BCUT2D eigenvalue weighted by Gasteiger charge is 1.96. The zero-order valence-corrected chi connectivity index (χ0v) is 8.17. The molecule has 2 nitrogen and oxygen atoms in total. The minimum Gasteiger partial charge on any atom is -0.469 e. The number of carbonyl (C=O) groups is 1. The van der Waals surface area contributed by atoms with Gasteiger partial charge in [0, 0.05) is 6.42 Å². The van der Waals surface area contributed by atoms with Gasteiger partial charge in [0.1, 0.15) is 0 Å². The molecule has 0 saturated carbocycles. The molecule has 0 bridgehead atoms. The van der Waals surface area contributed by atoms with Crippen molar-refractivity contribution in [2.75, 3.05) is 7.11 Å². The van der Waals surface area contributed by atoms with E-state index in [2.05, 4.69) is 30.7 Å². The molecule has 0 fully saturated rings. The second-order valence-corrected chi connectivity index (χ2v) is 3.14. The van der Waals surface area contributed by atoms with Gasteiger partial charge >= 0.3 is 5.97 Å². The van der Waals surface area contributed by atoms with Crippen LogP contribution in [-0.2, 0) is 9.53 Å². The smallest absolute Gasteiger partial charge is 0.305 e. The summed E-state index contributed by atoms with van der Waals surface area (Å²) in [4.78, 5) is 10.7. The molecule has 12 heavy (non-hydrogen) atoms. The maximum absolute atomic E-state index is 10.7. The molecule has 0 saturated heterocycles. The predicted molar refractivity (Wildman–Crippen MR) is 49.8 cm³/mol. The van der Waals surface area contributed by atoms with Gasteiger partial charge in [0.15, 0.2) is 0 Å². The molecule has 0 aromatic carbocycles. The predicted octanol–water partition coefficient (Wildman–Crippen LogP) is 2.54. The van der Waals surface area contributed by atoms with Gasteiger partial charge in [-0.25, -0.2) is 0 Å². The minimum atomic E-state index is -0.118. The highest BCUT2D eigenvalue weighted by atomic mass is 16.5. The number of methoxy groups -OCH3 is 1. The summed E-state index contributed by atoms with van der Waals surface area (Å²) in [5, 5.41) is 0. The summed E-state index contributed by atoms with van der Waals surface area (Å²) >= 11 is 0. The number of allylic oxidation sites excluding steroid dienone is 2. The Morgan fingerprint density at radius 1 is 1.50 bits per heavy atom. The van der Waals surface area contributed by atoms with Crippen LogP contribution in [0.4, 0.5) is 0 Å². The van der Waals surface area contributed by atoms with Crippen molar-refractivity contribution in [3.63, 3.8) is 0 Å². The molecule has 70 valence electrons. The Hall–Kier alpha value is -0.790. The van der Waals surface area contributed by atoms with E-state index >= 15 is 0 Å². The third-order valence-electron chi connectivity index (χ3n) is 1.50. The Balaban J connectivity index is 3.27. The van der Waals surface area contributed by atoms with E-state index in [4.69, 9.17) is 0 Å². The first-order chi connectivity index (χ1) is 5.66. The monoisotopic (exact) mass is 170 g/mol. The molecule has 0 aromatic rings. The van der Waals surface area contributed by atoms with Gasteiger partial charge < -0.3 is 4.74 Å². The van der Waals surface area contributed by atoms with E-state index in [0.29, 0.717) is 12.3 Å². The summed E-state index contributed by atoms with van der Waals surface area (Å²) in [5.41, 5.74) is 0. The molecular formula is C10H18O2. The number of carbonyl (C=O) groups excluding carboxylic acids is 1. The molecule has 0 aliphatic carbocycles. The number of esters is 1. The van der Waals surface area contributed by atoms with Crippen LogP contribution in [0.3, 0.4) is 0 Å². The first-order valence-electron chi connectivity index (χ1n) is 4.40. The fourth-order valence-electron chi connectivity index (χ4n) is 0.835. The van der Waals surface area contributed by atoms with Gasteiger partial charge in [-0.15, -0.1) is 0 Å². The quantitative estimate of drug-likeness (QED) is 0.360. The van der Waals surface area contributed by atoms with Crippen LogP contribution in [0.1, 0.15) is 33.1 Å². The first-order valence-corrected chi connectivity index (χ1v) is 4.40. The van der Waals surface area contributed by atoms with Crippen LogP contribution in [0.25, 0.3) is 0 Å². The number of hydrogen-bond acceptors (Lipinski definition) is 2. The number of hydrogen-bond donors (Lipinski definition) is 0. The number of unbranched alkanes of at least 4 members (excludes halogenated alkanes) is 1. The van der Waals surface area contributed by atoms with Crippen molar-refractivity contribution in [2.24, 2.45) is 5.92 Å². The molecular weight excluding hydrogens is 152 g/mol. The molecule has 0 radical (unpaired) electrons. The van der Waals surface area contributed by atoms with Crippen molar-refractivity contribution >= 4 is 5.97 Å². The van der Waals surface area contributed by atoms with Crippen LogP contribution in [0, 0.1) is 5.92 Å². The first kappa shape index (κ1) is 11.2. The summed E-state index contributed by atoms with van der Waals surface area (Å²) in [7, 11) is 1.42. The second-order valence-electron chi connectivity index (χ2n) is 3.14. The van der Waals surface area contributed by atoms with Crippen molar-refractivity contribution < 1.29 is 9.53 Å². The van der Waals surface area contributed by atoms with E-state index in [-0.39, 0.29) is 5.97 Å². The summed E-state index contributed by atoms with van der Waals surface area (Å²) in [6, 6.07) is 0. The molecule has 0 aliphatic heterocycles. The fourth-order valence-corrected chi connectivity index (χ4v) is 0.835. The van der Waals surface area contributed by atoms with Crippen molar-refractivity contribution in [1.82, 2.24) is 0 Å². The molecule has 0 spiro atoms. The lowest BCUT2D eigenvalue weighted by atomic mass is 10.1. The summed E-state index contributed by atoms with van der Waals surface area (Å²) in [6.07, 6.45) is 6.65. The Morgan fingerprint density at radius 3 is 2.67 bits per heavy atom. The van der Waals surface area contributed by atoms with Gasteiger partial charge in [0.2, 0.25) is 0 Å². The van der Waals surface area contributed by atoms with Crippen LogP contribution < -0.4 is 0 Å². The Morgan fingerprint density at radius 2 is 2.17 bits per heavy atom. The number of ether oxygens (including phenoxy) is 1. The second kappa shape index (κ2) is 6.89. The Kier molecular flexibility index (Phi) is 6.44. The van der Waals surface area contributed by atoms with Crippen LogP contribution in [0.5, 0.6) is 0 Å². The SMILES string of the molecule is COC(=O)CCC/C=C\C(C)C. The minimum absolute atomic E-state index is 0.118. The van der Waals surface area contributed by atoms with Gasteiger partial charge in [-0.3, -0.25) is 4.79 Å². The lowest BCUT2D eigenvalue weighted by molar-refractivity contribution is -0.140. The summed E-state index contributed by atoms with van der Waals surface area (Å²) in [5.74, 6) is 0.482. The van der Waals surface area contributed by atoms with E-state index in [0.717, 1.165) is 12.8 Å². The fraction of sp³-hybridized carbons (Fsp3) is 0.700. The lowest BCUT2D eigenvalue weighted by Crippen LogP contribution is -1.98. The van der Waals surface area contributed by atoms with Crippen LogP contribution in [0.15, 0.2) is 12.2 Å². The van der Waals surface area contributed by atoms with E-state index in [1.165, 1.54) is 7.11 Å². The van der Waals surface area contributed by atoms with Crippen LogP contribution in [-0.4, -0.2) is 13.1 Å². The molecule has 0 amide bonds. The van der Waals surface area contributed by atoms with Gasteiger partial charge in [-0.05, 0) is 18.8 Å². The van der Waals surface area contributed by atoms with Gasteiger partial charge in [-0.1, -0.05) is 26.0 Å². The van der Waals surface area contributed by atoms with Crippen LogP contribution >= 0.6 is 0 Å². The van der Waals surface area contributed by atoms with Crippen molar-refractivity contribution in [1.29, 1.82) is 0 Å². The maximum Gasteiger partial charge on any atom is 0.305 e. The molecule has 0 atom stereocenters. The van der Waals surface area contributed by atoms with E-state index < -0.39 is 0 Å². The zero-order chi connectivity index (χ0) is 9.40. The van der Waals surface area contributed by atoms with Crippen molar-refractivity contribution in [3.05, 3.63) is 12.2 Å². The third kappa shape index (κ3) is 7.32. The largest absolute Gasteiger partial charge is 0.469 e. The molecule has 0 aromatic heterocycles. The Bertz CT molecular complexity index is 148. The standard InChI is InChI=1S/C10H18O2/c1-9(2)7-5-4-6-8-10(11)12-3/h5,7,9H,4,6,8H2,1-3H3/b7-5-. The van der Waals surface area contributed by atoms with Gasteiger partial charge in [0.05, 0.1) is 7.11 Å². The topological polar surface area (TPSA) is 26.3 Å². The highest BCUT2D eigenvalue weighted by molar-refractivity contribution is 5.68. The molecule has 2 heteroatoms.